The quantitative estimate of drug-likeness (QED) is 0.886. The normalized spacial score (nSPS) is 14.4. The molecule has 0 spiro atoms. The first-order chi connectivity index (χ1) is 10.3. The molecule has 118 valence electrons. The number of carbonyl (C=O) groups excluding carboxylic acids is 1. The van der Waals surface area contributed by atoms with Gasteiger partial charge in [-0.1, -0.05) is 30.3 Å². The molecular weight excluding hydrogens is 315 g/mol. The summed E-state index contributed by atoms with van der Waals surface area (Å²) in [6.07, 6.45) is -4.92. The van der Waals surface area contributed by atoms with E-state index in [9.17, 15) is 23.1 Å². The average molecular weight is 329 g/mol. The number of thiophene rings is 1. The Labute approximate surface area is 129 Å². The number of carbonyl (C=O) groups is 1. The van der Waals surface area contributed by atoms with E-state index in [-0.39, 0.29) is 12.0 Å². The van der Waals surface area contributed by atoms with Crippen LogP contribution in [-0.2, 0) is 16.8 Å². The van der Waals surface area contributed by atoms with Gasteiger partial charge in [0.25, 0.3) is 0 Å². The summed E-state index contributed by atoms with van der Waals surface area (Å²) in [5.41, 5.74) is -2.70. The van der Waals surface area contributed by atoms with Crippen LogP contribution in [0.25, 0.3) is 0 Å². The summed E-state index contributed by atoms with van der Waals surface area (Å²) >= 11 is 1.40. The lowest BCUT2D eigenvalue weighted by atomic mass is 9.93. The van der Waals surface area contributed by atoms with Crippen LogP contribution in [0.15, 0.2) is 47.2 Å². The van der Waals surface area contributed by atoms with Crippen molar-refractivity contribution in [2.24, 2.45) is 0 Å². The van der Waals surface area contributed by atoms with Crippen molar-refractivity contribution in [1.29, 1.82) is 0 Å². The molecule has 2 aromatic rings. The fourth-order valence-corrected chi connectivity index (χ4v) is 2.62. The first-order valence-electron chi connectivity index (χ1n) is 6.45. The molecule has 7 heteroatoms. The monoisotopic (exact) mass is 329 g/mol. The molecule has 1 aromatic carbocycles. The van der Waals surface area contributed by atoms with Crippen molar-refractivity contribution in [3.63, 3.8) is 0 Å². The molecule has 0 aliphatic heterocycles. The largest absolute Gasteiger partial charge is 0.423 e. The minimum atomic E-state index is -4.90. The van der Waals surface area contributed by atoms with E-state index in [2.05, 4.69) is 5.32 Å². The van der Waals surface area contributed by atoms with E-state index >= 15 is 0 Å². The van der Waals surface area contributed by atoms with Gasteiger partial charge in [0.05, 0.1) is 13.0 Å². The van der Waals surface area contributed by atoms with E-state index in [1.54, 1.807) is 22.9 Å². The van der Waals surface area contributed by atoms with Crippen LogP contribution in [0.5, 0.6) is 0 Å². The zero-order chi connectivity index (χ0) is 16.2. The Morgan fingerprint density at radius 1 is 1.18 bits per heavy atom. The van der Waals surface area contributed by atoms with Crippen LogP contribution in [0.4, 0.5) is 13.2 Å². The maximum absolute atomic E-state index is 13.2. The number of aliphatic hydroxyl groups is 1. The number of hydrogen-bond donors (Lipinski definition) is 2. The molecule has 0 saturated heterocycles. The summed E-state index contributed by atoms with van der Waals surface area (Å²) in [6.45, 7) is -0.927. The van der Waals surface area contributed by atoms with Gasteiger partial charge in [-0.25, -0.2) is 0 Å². The molecule has 1 aromatic heterocycles. The molecule has 0 fully saturated rings. The van der Waals surface area contributed by atoms with Crippen molar-refractivity contribution < 1.29 is 23.1 Å². The van der Waals surface area contributed by atoms with Crippen LogP contribution in [-0.4, -0.2) is 23.7 Å². The van der Waals surface area contributed by atoms with E-state index in [1.807, 2.05) is 0 Å². The van der Waals surface area contributed by atoms with Gasteiger partial charge in [-0.15, -0.1) is 0 Å². The summed E-state index contributed by atoms with van der Waals surface area (Å²) in [5, 5.41) is 15.7. The van der Waals surface area contributed by atoms with Crippen LogP contribution in [0.1, 0.15) is 11.1 Å². The Morgan fingerprint density at radius 3 is 2.41 bits per heavy atom. The highest BCUT2D eigenvalue weighted by molar-refractivity contribution is 7.07. The molecule has 2 rings (SSSR count). The van der Waals surface area contributed by atoms with Gasteiger partial charge < -0.3 is 10.4 Å². The van der Waals surface area contributed by atoms with Crippen molar-refractivity contribution in [1.82, 2.24) is 5.32 Å². The third kappa shape index (κ3) is 3.66. The predicted octanol–water partition coefficient (Wildman–Crippen LogP) is 2.86. The third-order valence-electron chi connectivity index (χ3n) is 3.21. The second kappa shape index (κ2) is 6.50. The maximum atomic E-state index is 13.2. The molecular formula is C15H14F3NO2S. The van der Waals surface area contributed by atoms with E-state index in [0.29, 0.717) is 0 Å². The van der Waals surface area contributed by atoms with Gasteiger partial charge in [-0.2, -0.15) is 24.5 Å². The first-order valence-corrected chi connectivity index (χ1v) is 7.39. The number of nitrogens with one attached hydrogen (secondary N) is 1. The van der Waals surface area contributed by atoms with Crippen molar-refractivity contribution in [3.05, 3.63) is 58.3 Å². The van der Waals surface area contributed by atoms with Gasteiger partial charge in [-0.05, 0) is 28.0 Å². The van der Waals surface area contributed by atoms with Crippen molar-refractivity contribution in [3.8, 4) is 0 Å². The lowest BCUT2D eigenvalue weighted by Gasteiger charge is -2.31. The average Bonchev–Trinajstić information content (AvgIpc) is 2.97. The summed E-state index contributed by atoms with van der Waals surface area (Å²) in [7, 11) is 0. The van der Waals surface area contributed by atoms with Gasteiger partial charge in [0.2, 0.25) is 11.5 Å². The Kier molecular flexibility index (Phi) is 4.87. The summed E-state index contributed by atoms with van der Waals surface area (Å²) in [5.74, 6) is -0.572. The minimum Gasteiger partial charge on any atom is -0.375 e. The molecule has 2 N–H and O–H groups in total. The van der Waals surface area contributed by atoms with E-state index in [4.69, 9.17) is 0 Å². The number of hydrogen-bond acceptors (Lipinski definition) is 3. The summed E-state index contributed by atoms with van der Waals surface area (Å²) in [6, 6.07) is 8.43. The van der Waals surface area contributed by atoms with E-state index in [1.165, 1.54) is 35.6 Å². The Hall–Kier alpha value is -1.86. The van der Waals surface area contributed by atoms with Crippen molar-refractivity contribution >= 4 is 17.2 Å². The molecule has 3 nitrogen and oxygen atoms in total. The molecule has 0 saturated carbocycles. The van der Waals surface area contributed by atoms with Gasteiger partial charge in [0, 0.05) is 0 Å². The zero-order valence-electron chi connectivity index (χ0n) is 11.4. The molecule has 0 bridgehead atoms. The van der Waals surface area contributed by atoms with Gasteiger partial charge in [-0.3, -0.25) is 4.79 Å². The third-order valence-corrected chi connectivity index (χ3v) is 3.94. The number of benzene rings is 1. The smallest absolute Gasteiger partial charge is 0.375 e. The molecule has 0 aliphatic carbocycles. The number of amides is 1. The maximum Gasteiger partial charge on any atom is 0.423 e. The molecule has 0 radical (unpaired) electrons. The Bertz CT molecular complexity index is 613. The molecule has 1 heterocycles. The fourth-order valence-electron chi connectivity index (χ4n) is 1.95. The van der Waals surface area contributed by atoms with Crippen molar-refractivity contribution in [2.45, 2.75) is 18.2 Å². The van der Waals surface area contributed by atoms with E-state index in [0.717, 1.165) is 5.56 Å². The van der Waals surface area contributed by atoms with Gasteiger partial charge in [0.1, 0.15) is 0 Å². The molecule has 0 aliphatic rings. The molecule has 0 unspecified atom stereocenters. The highest BCUT2D eigenvalue weighted by Gasteiger charge is 2.55. The number of alkyl halides is 3. The molecule has 22 heavy (non-hydrogen) atoms. The van der Waals surface area contributed by atoms with E-state index < -0.39 is 24.2 Å². The second-order valence-electron chi connectivity index (χ2n) is 4.81. The minimum absolute atomic E-state index is 0.0216. The highest BCUT2D eigenvalue weighted by atomic mass is 32.1. The standard InChI is InChI=1S/C15H14F3NO2S/c16-15(17,18)14(21,12-4-2-1-3-5-12)10-19-13(20)8-11-6-7-22-9-11/h1-7,9,21H,8,10H2,(H,19,20)/t14-/m1/s1. The lowest BCUT2D eigenvalue weighted by Crippen LogP contribution is -2.51. The van der Waals surface area contributed by atoms with Crippen LogP contribution in [0.2, 0.25) is 0 Å². The lowest BCUT2D eigenvalue weighted by molar-refractivity contribution is -0.264. The van der Waals surface area contributed by atoms with Crippen LogP contribution in [0, 0.1) is 0 Å². The molecule has 1 atom stereocenters. The number of halogens is 3. The fraction of sp³-hybridized carbons (Fsp3) is 0.267. The van der Waals surface area contributed by atoms with Crippen LogP contribution in [0.3, 0.4) is 0 Å². The predicted molar refractivity (Wildman–Crippen MR) is 77.4 cm³/mol. The van der Waals surface area contributed by atoms with Gasteiger partial charge >= 0.3 is 6.18 Å². The topological polar surface area (TPSA) is 49.3 Å². The van der Waals surface area contributed by atoms with Crippen molar-refractivity contribution in [2.75, 3.05) is 6.54 Å². The second-order valence-corrected chi connectivity index (χ2v) is 5.59. The van der Waals surface area contributed by atoms with Crippen LogP contribution >= 0.6 is 11.3 Å². The first kappa shape index (κ1) is 16.5. The highest BCUT2D eigenvalue weighted by Crippen LogP contribution is 2.38. The summed E-state index contributed by atoms with van der Waals surface area (Å²) < 4.78 is 39.7. The van der Waals surface area contributed by atoms with Crippen LogP contribution < -0.4 is 5.32 Å². The number of rotatable bonds is 5. The zero-order valence-corrected chi connectivity index (χ0v) is 12.2. The SMILES string of the molecule is O=C(Cc1ccsc1)NC[C@@](O)(c1ccccc1)C(F)(F)F. The summed E-state index contributed by atoms with van der Waals surface area (Å²) in [4.78, 5) is 11.7. The molecule has 1 amide bonds. The Balaban J connectivity index is 2.10. The van der Waals surface area contributed by atoms with Gasteiger partial charge in [0.15, 0.2) is 0 Å². The Morgan fingerprint density at radius 2 is 1.86 bits per heavy atom.